The molecule has 0 aromatic heterocycles. The molecule has 1 rings (SSSR count). The molecule has 0 saturated heterocycles. The van der Waals surface area contributed by atoms with Gasteiger partial charge in [0.1, 0.15) is 11.6 Å². The van der Waals surface area contributed by atoms with Gasteiger partial charge in [0.2, 0.25) is 0 Å². The molecule has 70 valence electrons. The van der Waals surface area contributed by atoms with Gasteiger partial charge >= 0.3 is 0 Å². The number of aromatic hydroxyl groups is 1. The number of carbonyl (C=O) groups is 1. The summed E-state index contributed by atoms with van der Waals surface area (Å²) in [4.78, 5) is 11.3. The molecule has 0 spiro atoms. The molecule has 0 fully saturated rings. The van der Waals surface area contributed by atoms with Crippen LogP contribution in [-0.2, 0) is 0 Å². The Hall–Kier alpha value is -1.09. The highest BCUT2D eigenvalue weighted by molar-refractivity contribution is 6.33. The Morgan fingerprint density at radius 2 is 2.23 bits per heavy atom. The maximum absolute atomic E-state index is 12.5. The number of Topliss-reactive ketones (excluding diaryl/α,β-unsaturated/α-hetero) is 1. The van der Waals surface area contributed by atoms with Crippen LogP contribution in [0.1, 0.15) is 17.3 Å². The van der Waals surface area contributed by atoms with Crippen molar-refractivity contribution >= 4 is 17.4 Å². The van der Waals surface area contributed by atoms with Crippen LogP contribution >= 0.6 is 11.6 Å². The lowest BCUT2D eigenvalue weighted by atomic mass is 10.1. The molecule has 1 unspecified atom stereocenters. The predicted octanol–water partition coefficient (Wildman–Crippen LogP) is 2.34. The molecule has 0 radical (unpaired) electrons. The normalized spacial score (nSPS) is 12.5. The van der Waals surface area contributed by atoms with Gasteiger partial charge in [-0.3, -0.25) is 4.79 Å². The van der Waals surface area contributed by atoms with Crippen molar-refractivity contribution in [1.82, 2.24) is 0 Å². The number of alkyl halides is 1. The number of phenols is 1. The van der Waals surface area contributed by atoms with Crippen LogP contribution in [0.25, 0.3) is 0 Å². The van der Waals surface area contributed by atoms with Crippen LogP contribution in [0.5, 0.6) is 5.75 Å². The standard InChI is InChI=1S/C9H8ClFO2/c1-5(10)9(13)7-3-2-6(11)4-8(7)12/h2-5,12H,1H3. The van der Waals surface area contributed by atoms with E-state index in [1.807, 2.05) is 0 Å². The van der Waals surface area contributed by atoms with Crippen molar-refractivity contribution in [3.63, 3.8) is 0 Å². The monoisotopic (exact) mass is 202 g/mol. The van der Waals surface area contributed by atoms with Crippen LogP contribution in [0.15, 0.2) is 18.2 Å². The van der Waals surface area contributed by atoms with Crippen molar-refractivity contribution in [3.05, 3.63) is 29.6 Å². The van der Waals surface area contributed by atoms with Crippen molar-refractivity contribution in [2.45, 2.75) is 12.3 Å². The number of halogens is 2. The Morgan fingerprint density at radius 3 is 2.69 bits per heavy atom. The van der Waals surface area contributed by atoms with E-state index >= 15 is 0 Å². The third-order valence-electron chi connectivity index (χ3n) is 1.59. The first-order chi connectivity index (χ1) is 6.02. The number of carbonyl (C=O) groups excluding carboxylic acids is 1. The van der Waals surface area contributed by atoms with Crippen LogP contribution in [0.3, 0.4) is 0 Å². The van der Waals surface area contributed by atoms with Crippen LogP contribution in [0.4, 0.5) is 4.39 Å². The highest BCUT2D eigenvalue weighted by Gasteiger charge is 2.16. The van der Waals surface area contributed by atoms with Crippen molar-refractivity contribution in [1.29, 1.82) is 0 Å². The van der Waals surface area contributed by atoms with Crippen molar-refractivity contribution in [2.24, 2.45) is 0 Å². The van der Waals surface area contributed by atoms with Gasteiger partial charge in [0.05, 0.1) is 10.9 Å². The predicted molar refractivity (Wildman–Crippen MR) is 47.7 cm³/mol. The quantitative estimate of drug-likeness (QED) is 0.591. The number of hydrogen-bond donors (Lipinski definition) is 1. The molecule has 0 heterocycles. The molecule has 0 aliphatic heterocycles. The summed E-state index contributed by atoms with van der Waals surface area (Å²) in [6.45, 7) is 1.49. The Kier molecular flexibility index (Phi) is 2.88. The maximum Gasteiger partial charge on any atom is 0.184 e. The van der Waals surface area contributed by atoms with Crippen LogP contribution in [-0.4, -0.2) is 16.3 Å². The molecule has 0 bridgehead atoms. The van der Waals surface area contributed by atoms with Crippen LogP contribution in [0, 0.1) is 5.82 Å². The molecule has 1 aromatic carbocycles. The van der Waals surface area contributed by atoms with Gasteiger partial charge in [-0.1, -0.05) is 0 Å². The van der Waals surface area contributed by atoms with Gasteiger partial charge in [0, 0.05) is 6.07 Å². The van der Waals surface area contributed by atoms with E-state index in [4.69, 9.17) is 11.6 Å². The maximum atomic E-state index is 12.5. The molecule has 1 aromatic rings. The summed E-state index contributed by atoms with van der Waals surface area (Å²) in [5, 5.41) is 8.47. The summed E-state index contributed by atoms with van der Waals surface area (Å²) in [6, 6.07) is 3.20. The minimum atomic E-state index is -0.726. The second-order valence-corrected chi connectivity index (χ2v) is 3.30. The Balaban J connectivity index is 3.09. The molecule has 1 N–H and O–H groups in total. The average molecular weight is 203 g/mol. The lowest BCUT2D eigenvalue weighted by Gasteiger charge is -2.04. The van der Waals surface area contributed by atoms with E-state index in [1.54, 1.807) is 0 Å². The molecular weight excluding hydrogens is 195 g/mol. The van der Waals surface area contributed by atoms with Crippen LogP contribution < -0.4 is 0 Å². The van der Waals surface area contributed by atoms with E-state index in [9.17, 15) is 14.3 Å². The number of ketones is 1. The smallest absolute Gasteiger partial charge is 0.184 e. The number of hydrogen-bond acceptors (Lipinski definition) is 2. The average Bonchev–Trinajstić information content (AvgIpc) is 2.03. The van der Waals surface area contributed by atoms with Crippen molar-refractivity contribution < 1.29 is 14.3 Å². The molecule has 0 aliphatic rings. The second-order valence-electron chi connectivity index (χ2n) is 2.64. The minimum absolute atomic E-state index is 0.0453. The second kappa shape index (κ2) is 3.75. The summed E-state index contributed by atoms with van der Waals surface area (Å²) >= 11 is 5.52. The van der Waals surface area contributed by atoms with Crippen LogP contribution in [0.2, 0.25) is 0 Å². The van der Waals surface area contributed by atoms with E-state index in [0.29, 0.717) is 0 Å². The Labute approximate surface area is 80.0 Å². The molecule has 2 nitrogen and oxygen atoms in total. The summed E-state index contributed by atoms with van der Waals surface area (Å²) in [5.74, 6) is -1.38. The fourth-order valence-electron chi connectivity index (χ4n) is 0.927. The summed E-state index contributed by atoms with van der Waals surface area (Å²) in [7, 11) is 0. The zero-order chi connectivity index (χ0) is 10.0. The molecule has 4 heteroatoms. The first-order valence-electron chi connectivity index (χ1n) is 3.69. The van der Waals surface area contributed by atoms with Gasteiger partial charge in [-0.25, -0.2) is 4.39 Å². The SMILES string of the molecule is CC(Cl)C(=O)c1ccc(F)cc1O. The zero-order valence-electron chi connectivity index (χ0n) is 6.92. The molecule has 0 saturated carbocycles. The van der Waals surface area contributed by atoms with E-state index < -0.39 is 17.0 Å². The lowest BCUT2D eigenvalue weighted by molar-refractivity contribution is 0.0989. The molecule has 1 atom stereocenters. The summed E-state index contributed by atoms with van der Waals surface area (Å²) in [6.07, 6.45) is 0. The van der Waals surface area contributed by atoms with Gasteiger partial charge < -0.3 is 5.11 Å². The first-order valence-corrected chi connectivity index (χ1v) is 4.13. The van der Waals surface area contributed by atoms with Crippen molar-refractivity contribution in [2.75, 3.05) is 0 Å². The van der Waals surface area contributed by atoms with E-state index in [1.165, 1.54) is 13.0 Å². The number of benzene rings is 1. The van der Waals surface area contributed by atoms with Gasteiger partial charge in [-0.05, 0) is 19.1 Å². The van der Waals surface area contributed by atoms with E-state index in [-0.39, 0.29) is 11.3 Å². The minimum Gasteiger partial charge on any atom is -0.507 e. The zero-order valence-corrected chi connectivity index (χ0v) is 7.68. The summed E-state index contributed by atoms with van der Waals surface area (Å²) < 4.78 is 12.5. The van der Waals surface area contributed by atoms with E-state index in [2.05, 4.69) is 0 Å². The highest BCUT2D eigenvalue weighted by atomic mass is 35.5. The largest absolute Gasteiger partial charge is 0.507 e. The topological polar surface area (TPSA) is 37.3 Å². The van der Waals surface area contributed by atoms with Gasteiger partial charge in [0.25, 0.3) is 0 Å². The fraction of sp³-hybridized carbons (Fsp3) is 0.222. The Morgan fingerprint density at radius 1 is 1.62 bits per heavy atom. The Bertz CT molecular complexity index is 336. The first kappa shape index (κ1) is 9.99. The third-order valence-corrected chi connectivity index (χ3v) is 1.78. The van der Waals surface area contributed by atoms with Crippen molar-refractivity contribution in [3.8, 4) is 5.75 Å². The lowest BCUT2D eigenvalue weighted by Crippen LogP contribution is -2.10. The molecule has 13 heavy (non-hydrogen) atoms. The highest BCUT2D eigenvalue weighted by Crippen LogP contribution is 2.20. The number of rotatable bonds is 2. The number of phenolic OH excluding ortho intramolecular Hbond substituents is 1. The molecular formula is C9H8ClFO2. The van der Waals surface area contributed by atoms with Gasteiger partial charge in [-0.15, -0.1) is 11.6 Å². The van der Waals surface area contributed by atoms with Gasteiger partial charge in [-0.2, -0.15) is 0 Å². The molecule has 0 aliphatic carbocycles. The third kappa shape index (κ3) is 2.18. The molecule has 0 amide bonds. The fourth-order valence-corrected chi connectivity index (χ4v) is 1.04. The van der Waals surface area contributed by atoms with E-state index in [0.717, 1.165) is 12.1 Å². The summed E-state index contributed by atoms with van der Waals surface area (Å²) in [5.41, 5.74) is 0.0453. The van der Waals surface area contributed by atoms with Gasteiger partial charge in [0.15, 0.2) is 5.78 Å².